The topological polar surface area (TPSA) is 12.9 Å². The van der Waals surface area contributed by atoms with Gasteiger partial charge in [0.25, 0.3) is 0 Å². The molecule has 0 aromatic carbocycles. The Labute approximate surface area is 78.1 Å². The van der Waals surface area contributed by atoms with Crippen LogP contribution in [0.15, 0.2) is 24.5 Å². The summed E-state index contributed by atoms with van der Waals surface area (Å²) in [6.45, 7) is 0. The first-order valence-electron chi connectivity index (χ1n) is 3.50. The van der Waals surface area contributed by atoms with E-state index in [1.165, 1.54) is 5.56 Å². The van der Waals surface area contributed by atoms with Gasteiger partial charge in [0, 0.05) is 23.4 Å². The first kappa shape index (κ1) is 8.94. The zero-order chi connectivity index (χ0) is 8.10. The molecule has 1 rings (SSSR count). The zero-order valence-electron chi connectivity index (χ0n) is 6.14. The van der Waals surface area contributed by atoms with E-state index in [-0.39, 0.29) is 0 Å². The van der Waals surface area contributed by atoms with Gasteiger partial charge in [0.1, 0.15) is 0 Å². The van der Waals surface area contributed by atoms with E-state index in [9.17, 15) is 0 Å². The summed E-state index contributed by atoms with van der Waals surface area (Å²) in [7, 11) is 0. The molecule has 0 spiro atoms. The molecular formula is C8H11NS2. The van der Waals surface area contributed by atoms with Crippen LogP contribution >= 0.6 is 25.3 Å². The fraction of sp³-hybridized carbons (Fsp3) is 0.375. The zero-order valence-corrected chi connectivity index (χ0v) is 7.93. The van der Waals surface area contributed by atoms with E-state index < -0.39 is 0 Å². The summed E-state index contributed by atoms with van der Waals surface area (Å²) >= 11 is 8.49. The fourth-order valence-corrected chi connectivity index (χ4v) is 1.20. The van der Waals surface area contributed by atoms with Crippen LogP contribution in [-0.2, 0) is 6.42 Å². The summed E-state index contributed by atoms with van der Waals surface area (Å²) in [6, 6.07) is 3.99. The molecule has 1 atom stereocenters. The maximum atomic E-state index is 4.34. The smallest absolute Gasteiger partial charge is 0.0300 e. The van der Waals surface area contributed by atoms with Crippen LogP contribution in [0, 0.1) is 0 Å². The Balaban J connectivity index is 2.51. The van der Waals surface area contributed by atoms with E-state index in [4.69, 9.17) is 0 Å². The number of thiol groups is 2. The van der Waals surface area contributed by atoms with Gasteiger partial charge in [-0.05, 0) is 18.1 Å². The largest absolute Gasteiger partial charge is 0.264 e. The highest BCUT2D eigenvalue weighted by Crippen LogP contribution is 2.06. The molecule has 3 heteroatoms. The molecule has 1 nitrogen and oxygen atoms in total. The maximum absolute atomic E-state index is 4.34. The fourth-order valence-electron chi connectivity index (χ4n) is 0.855. The Morgan fingerprint density at radius 1 is 1.55 bits per heavy atom. The van der Waals surface area contributed by atoms with E-state index in [1.54, 1.807) is 6.20 Å². The number of rotatable bonds is 3. The van der Waals surface area contributed by atoms with Crippen molar-refractivity contribution in [2.24, 2.45) is 0 Å². The second-order valence-corrected chi connectivity index (χ2v) is 3.50. The lowest BCUT2D eigenvalue weighted by Gasteiger charge is -2.05. The van der Waals surface area contributed by atoms with Gasteiger partial charge in [-0.3, -0.25) is 4.98 Å². The van der Waals surface area contributed by atoms with Crippen LogP contribution in [0.4, 0.5) is 0 Å². The van der Waals surface area contributed by atoms with Crippen molar-refractivity contribution in [3.63, 3.8) is 0 Å². The molecular weight excluding hydrogens is 174 g/mol. The molecule has 0 saturated carbocycles. The summed E-state index contributed by atoms with van der Waals surface area (Å²) in [6.07, 6.45) is 4.59. The maximum Gasteiger partial charge on any atom is 0.0300 e. The quantitative estimate of drug-likeness (QED) is 0.685. The van der Waals surface area contributed by atoms with Gasteiger partial charge in [0.2, 0.25) is 0 Å². The van der Waals surface area contributed by atoms with Gasteiger partial charge in [-0.1, -0.05) is 6.07 Å². The lowest BCUT2D eigenvalue weighted by atomic mass is 10.2. The number of hydrogen-bond acceptors (Lipinski definition) is 3. The van der Waals surface area contributed by atoms with E-state index in [0.29, 0.717) is 5.25 Å². The second kappa shape index (κ2) is 4.67. The second-order valence-electron chi connectivity index (χ2n) is 2.40. The molecule has 1 heterocycles. The predicted molar refractivity (Wildman–Crippen MR) is 54.6 cm³/mol. The SMILES string of the molecule is SC[C@H](S)Cc1cccnc1. The van der Waals surface area contributed by atoms with Crippen LogP contribution in [0.25, 0.3) is 0 Å². The number of nitrogens with zero attached hydrogens (tertiary/aromatic N) is 1. The van der Waals surface area contributed by atoms with Gasteiger partial charge >= 0.3 is 0 Å². The van der Waals surface area contributed by atoms with E-state index in [0.717, 1.165) is 12.2 Å². The summed E-state index contributed by atoms with van der Waals surface area (Å²) in [4.78, 5) is 4.01. The summed E-state index contributed by atoms with van der Waals surface area (Å²) in [5, 5.41) is 0.336. The van der Waals surface area contributed by atoms with Crippen LogP contribution < -0.4 is 0 Å². The minimum Gasteiger partial charge on any atom is -0.264 e. The Bertz CT molecular complexity index is 201. The molecule has 1 aromatic heterocycles. The third kappa shape index (κ3) is 3.16. The van der Waals surface area contributed by atoms with Crippen LogP contribution in [-0.4, -0.2) is 16.0 Å². The normalized spacial score (nSPS) is 12.9. The van der Waals surface area contributed by atoms with Crippen molar-refractivity contribution in [2.45, 2.75) is 11.7 Å². The first-order valence-corrected chi connectivity index (χ1v) is 4.65. The third-order valence-corrected chi connectivity index (χ3v) is 2.50. The van der Waals surface area contributed by atoms with Crippen molar-refractivity contribution in [1.82, 2.24) is 4.98 Å². The van der Waals surface area contributed by atoms with E-state index in [2.05, 4.69) is 36.3 Å². The highest BCUT2D eigenvalue weighted by Gasteiger charge is 2.00. The molecule has 0 unspecified atom stereocenters. The molecule has 0 N–H and O–H groups in total. The molecule has 0 aliphatic heterocycles. The molecule has 0 saturated heterocycles. The summed E-state index contributed by atoms with van der Waals surface area (Å²) < 4.78 is 0. The average molecular weight is 185 g/mol. The van der Waals surface area contributed by atoms with Crippen LogP contribution in [0.1, 0.15) is 5.56 Å². The average Bonchev–Trinajstić information content (AvgIpc) is 2.06. The number of pyridine rings is 1. The minimum absolute atomic E-state index is 0.336. The Kier molecular flexibility index (Phi) is 3.80. The standard InChI is InChI=1S/C8H11NS2/c10-6-8(11)4-7-2-1-3-9-5-7/h1-3,5,8,10-11H,4,6H2/t8-/m1/s1. The minimum atomic E-state index is 0.336. The van der Waals surface area contributed by atoms with Gasteiger partial charge in [0.05, 0.1) is 0 Å². The third-order valence-electron chi connectivity index (χ3n) is 1.40. The van der Waals surface area contributed by atoms with Crippen molar-refractivity contribution in [3.8, 4) is 0 Å². The molecule has 60 valence electrons. The molecule has 0 aliphatic rings. The number of aromatic nitrogens is 1. The van der Waals surface area contributed by atoms with E-state index >= 15 is 0 Å². The van der Waals surface area contributed by atoms with Gasteiger partial charge in [0.15, 0.2) is 0 Å². The van der Waals surface area contributed by atoms with Crippen LogP contribution in [0.3, 0.4) is 0 Å². The van der Waals surface area contributed by atoms with Gasteiger partial charge in [-0.15, -0.1) is 0 Å². The van der Waals surface area contributed by atoms with Crippen LogP contribution in [0.2, 0.25) is 0 Å². The van der Waals surface area contributed by atoms with Crippen molar-refractivity contribution in [2.75, 3.05) is 5.75 Å². The van der Waals surface area contributed by atoms with Crippen molar-refractivity contribution in [1.29, 1.82) is 0 Å². The summed E-state index contributed by atoms with van der Waals surface area (Å²) in [5.74, 6) is 0.804. The monoisotopic (exact) mass is 185 g/mol. The van der Waals surface area contributed by atoms with Gasteiger partial charge in [-0.2, -0.15) is 25.3 Å². The van der Waals surface area contributed by atoms with E-state index in [1.807, 2.05) is 12.3 Å². The lowest BCUT2D eigenvalue weighted by molar-refractivity contribution is 0.954. The molecule has 0 aliphatic carbocycles. The Morgan fingerprint density at radius 3 is 2.91 bits per heavy atom. The molecule has 0 amide bonds. The molecule has 1 aromatic rings. The highest BCUT2D eigenvalue weighted by molar-refractivity contribution is 7.84. The predicted octanol–water partition coefficient (Wildman–Crippen LogP) is 1.85. The lowest BCUT2D eigenvalue weighted by Crippen LogP contribution is -2.04. The highest BCUT2D eigenvalue weighted by atomic mass is 32.1. The van der Waals surface area contributed by atoms with Crippen LogP contribution in [0.5, 0.6) is 0 Å². The Hall–Kier alpha value is -0.150. The Morgan fingerprint density at radius 2 is 2.36 bits per heavy atom. The van der Waals surface area contributed by atoms with Gasteiger partial charge in [-0.25, -0.2) is 0 Å². The molecule has 11 heavy (non-hydrogen) atoms. The molecule has 0 fully saturated rings. The molecule has 0 bridgehead atoms. The first-order chi connectivity index (χ1) is 5.33. The summed E-state index contributed by atoms with van der Waals surface area (Å²) in [5.41, 5.74) is 1.22. The van der Waals surface area contributed by atoms with Gasteiger partial charge < -0.3 is 0 Å². The van der Waals surface area contributed by atoms with Crippen molar-refractivity contribution < 1.29 is 0 Å². The molecule has 0 radical (unpaired) electrons. The van der Waals surface area contributed by atoms with Crippen molar-refractivity contribution in [3.05, 3.63) is 30.1 Å². The number of hydrogen-bond donors (Lipinski definition) is 2. The van der Waals surface area contributed by atoms with Crippen molar-refractivity contribution >= 4 is 25.3 Å².